The molecule has 1 atom stereocenters. The van der Waals surface area contributed by atoms with Crippen LogP contribution in [-0.4, -0.2) is 51.8 Å². The minimum Gasteiger partial charge on any atom is -0.497 e. The summed E-state index contributed by atoms with van der Waals surface area (Å²) in [6.45, 7) is 3.48. The van der Waals surface area contributed by atoms with Crippen molar-refractivity contribution < 1.29 is 14.3 Å². The molecule has 0 saturated carbocycles. The Labute approximate surface area is 170 Å². The van der Waals surface area contributed by atoms with Gasteiger partial charge in [0.05, 0.1) is 18.8 Å². The van der Waals surface area contributed by atoms with Gasteiger partial charge >= 0.3 is 0 Å². The van der Waals surface area contributed by atoms with Gasteiger partial charge in [-0.3, -0.25) is 9.59 Å². The number of hydrogen-bond acceptors (Lipinski definition) is 5. The normalized spacial score (nSPS) is 18.9. The number of amides is 2. The maximum absolute atomic E-state index is 12.9. The van der Waals surface area contributed by atoms with Crippen LogP contribution in [0.2, 0.25) is 0 Å². The number of carbonyl (C=O) groups is 2. The van der Waals surface area contributed by atoms with Gasteiger partial charge in [-0.25, -0.2) is 9.97 Å². The standard InChI is InChI=1S/C22H26N4O3/c1-15(27)26-10-4-3-8-20(26)21-23-13-17-14-25(11-9-19(17)24-21)22(28)16-6-5-7-18(12-16)29-2/h5-7,12-13,20H,3-4,8-11,14H2,1-2H3/t20-/m1/s1. The van der Waals surface area contributed by atoms with Crippen molar-refractivity contribution >= 4 is 11.8 Å². The number of piperidine rings is 1. The molecule has 0 bridgehead atoms. The minimum absolute atomic E-state index is 0.0198. The SMILES string of the molecule is COc1cccc(C(=O)N2CCc3nc([C@H]4CCCCN4C(C)=O)ncc3C2)c1. The van der Waals surface area contributed by atoms with Gasteiger partial charge in [0.2, 0.25) is 5.91 Å². The van der Waals surface area contributed by atoms with Crippen LogP contribution >= 0.6 is 0 Å². The molecule has 7 nitrogen and oxygen atoms in total. The lowest BCUT2D eigenvalue weighted by Gasteiger charge is -2.35. The second kappa shape index (κ2) is 8.19. The van der Waals surface area contributed by atoms with E-state index in [-0.39, 0.29) is 17.9 Å². The quantitative estimate of drug-likeness (QED) is 0.800. The molecule has 152 valence electrons. The first kappa shape index (κ1) is 19.4. The van der Waals surface area contributed by atoms with Crippen molar-refractivity contribution in [3.63, 3.8) is 0 Å². The molecule has 29 heavy (non-hydrogen) atoms. The fraction of sp³-hybridized carbons (Fsp3) is 0.455. The summed E-state index contributed by atoms with van der Waals surface area (Å²) < 4.78 is 5.23. The van der Waals surface area contributed by atoms with Gasteiger partial charge in [-0.05, 0) is 37.5 Å². The number of likely N-dealkylation sites (tertiary alicyclic amines) is 1. The summed E-state index contributed by atoms with van der Waals surface area (Å²) in [5.74, 6) is 1.45. The van der Waals surface area contributed by atoms with E-state index in [1.54, 1.807) is 26.2 Å². The maximum Gasteiger partial charge on any atom is 0.254 e. The van der Waals surface area contributed by atoms with Crippen molar-refractivity contribution in [2.24, 2.45) is 0 Å². The number of methoxy groups -OCH3 is 1. The molecule has 0 unspecified atom stereocenters. The Morgan fingerprint density at radius 1 is 1.21 bits per heavy atom. The van der Waals surface area contributed by atoms with E-state index in [2.05, 4.69) is 4.98 Å². The highest BCUT2D eigenvalue weighted by Crippen LogP contribution is 2.30. The summed E-state index contributed by atoms with van der Waals surface area (Å²) in [7, 11) is 1.59. The summed E-state index contributed by atoms with van der Waals surface area (Å²) in [6, 6.07) is 7.18. The van der Waals surface area contributed by atoms with Crippen LogP contribution in [0.25, 0.3) is 0 Å². The summed E-state index contributed by atoms with van der Waals surface area (Å²) in [6.07, 6.45) is 5.53. The molecule has 2 aliphatic heterocycles. The van der Waals surface area contributed by atoms with Crippen LogP contribution in [0, 0.1) is 0 Å². The Kier molecular flexibility index (Phi) is 5.47. The molecule has 0 spiro atoms. The predicted molar refractivity (Wildman–Crippen MR) is 107 cm³/mol. The topological polar surface area (TPSA) is 75.6 Å². The number of rotatable bonds is 3. The molecule has 0 N–H and O–H groups in total. The molecule has 2 amide bonds. The predicted octanol–water partition coefficient (Wildman–Crippen LogP) is 2.76. The van der Waals surface area contributed by atoms with Crippen molar-refractivity contribution in [3.05, 3.63) is 53.1 Å². The fourth-order valence-corrected chi connectivity index (χ4v) is 4.18. The number of ether oxygens (including phenoxy) is 1. The number of carbonyl (C=O) groups excluding carboxylic acids is 2. The molecule has 2 aromatic rings. The third-order valence-corrected chi connectivity index (χ3v) is 5.76. The Hall–Kier alpha value is -2.96. The third kappa shape index (κ3) is 3.95. The van der Waals surface area contributed by atoms with Crippen LogP contribution < -0.4 is 4.74 Å². The van der Waals surface area contributed by atoms with E-state index in [9.17, 15) is 9.59 Å². The highest BCUT2D eigenvalue weighted by molar-refractivity contribution is 5.94. The van der Waals surface area contributed by atoms with E-state index >= 15 is 0 Å². The zero-order valence-corrected chi connectivity index (χ0v) is 16.9. The minimum atomic E-state index is -0.0389. The Morgan fingerprint density at radius 3 is 2.86 bits per heavy atom. The molecule has 1 saturated heterocycles. The zero-order valence-electron chi connectivity index (χ0n) is 16.9. The average molecular weight is 394 g/mol. The third-order valence-electron chi connectivity index (χ3n) is 5.76. The van der Waals surface area contributed by atoms with Crippen molar-refractivity contribution in [3.8, 4) is 5.75 Å². The first-order valence-electron chi connectivity index (χ1n) is 10.1. The molecule has 1 aromatic heterocycles. The number of aromatic nitrogens is 2. The van der Waals surface area contributed by atoms with E-state index < -0.39 is 0 Å². The lowest BCUT2D eigenvalue weighted by Crippen LogP contribution is -2.39. The van der Waals surface area contributed by atoms with Gasteiger partial charge in [0.1, 0.15) is 5.75 Å². The average Bonchev–Trinajstić information content (AvgIpc) is 2.77. The van der Waals surface area contributed by atoms with Crippen LogP contribution in [0.15, 0.2) is 30.5 Å². The number of fused-ring (bicyclic) bond motifs is 1. The second-order valence-corrected chi connectivity index (χ2v) is 7.63. The van der Waals surface area contributed by atoms with Crippen molar-refractivity contribution in [1.29, 1.82) is 0 Å². The van der Waals surface area contributed by atoms with Crippen molar-refractivity contribution in [2.45, 2.75) is 45.2 Å². The Bertz CT molecular complexity index is 930. The van der Waals surface area contributed by atoms with Gasteiger partial charge in [-0.2, -0.15) is 0 Å². The lowest BCUT2D eigenvalue weighted by atomic mass is 10.00. The molecule has 1 fully saturated rings. The van der Waals surface area contributed by atoms with E-state index in [4.69, 9.17) is 9.72 Å². The van der Waals surface area contributed by atoms with Crippen molar-refractivity contribution in [2.75, 3.05) is 20.2 Å². The van der Waals surface area contributed by atoms with E-state index in [1.807, 2.05) is 28.1 Å². The summed E-state index contributed by atoms with van der Waals surface area (Å²) in [4.78, 5) is 38.0. The summed E-state index contributed by atoms with van der Waals surface area (Å²) in [5.41, 5.74) is 2.57. The first-order chi connectivity index (χ1) is 14.1. The van der Waals surface area contributed by atoms with Gasteiger partial charge in [-0.15, -0.1) is 0 Å². The van der Waals surface area contributed by atoms with Crippen LogP contribution in [0.4, 0.5) is 0 Å². The lowest BCUT2D eigenvalue weighted by molar-refractivity contribution is -0.132. The Balaban J connectivity index is 1.52. The van der Waals surface area contributed by atoms with E-state index in [0.717, 1.165) is 42.9 Å². The first-order valence-corrected chi connectivity index (χ1v) is 10.1. The number of hydrogen-bond donors (Lipinski definition) is 0. The van der Waals surface area contributed by atoms with Gasteiger partial charge in [0.15, 0.2) is 5.82 Å². The van der Waals surface area contributed by atoms with Crippen LogP contribution in [0.1, 0.15) is 59.7 Å². The summed E-state index contributed by atoms with van der Waals surface area (Å²) >= 11 is 0. The van der Waals surface area contributed by atoms with Crippen LogP contribution in [0.5, 0.6) is 5.75 Å². The molecule has 4 rings (SSSR count). The smallest absolute Gasteiger partial charge is 0.254 e. The van der Waals surface area contributed by atoms with Gasteiger partial charge in [-0.1, -0.05) is 6.07 Å². The van der Waals surface area contributed by atoms with Gasteiger partial charge in [0, 0.05) is 50.3 Å². The maximum atomic E-state index is 12.9. The molecular weight excluding hydrogens is 368 g/mol. The molecule has 0 aliphatic carbocycles. The molecule has 0 radical (unpaired) electrons. The molecular formula is C22H26N4O3. The largest absolute Gasteiger partial charge is 0.497 e. The molecule has 1 aromatic carbocycles. The number of benzene rings is 1. The van der Waals surface area contributed by atoms with E-state index in [0.29, 0.717) is 30.8 Å². The molecule has 2 aliphatic rings. The van der Waals surface area contributed by atoms with Gasteiger partial charge < -0.3 is 14.5 Å². The van der Waals surface area contributed by atoms with Gasteiger partial charge in [0.25, 0.3) is 5.91 Å². The van der Waals surface area contributed by atoms with E-state index in [1.165, 1.54) is 0 Å². The Morgan fingerprint density at radius 2 is 2.07 bits per heavy atom. The molecule has 7 heteroatoms. The fourth-order valence-electron chi connectivity index (χ4n) is 4.18. The highest BCUT2D eigenvalue weighted by atomic mass is 16.5. The summed E-state index contributed by atoms with van der Waals surface area (Å²) in [5, 5.41) is 0. The second-order valence-electron chi connectivity index (χ2n) is 7.63. The van der Waals surface area contributed by atoms with Crippen LogP contribution in [0.3, 0.4) is 0 Å². The van der Waals surface area contributed by atoms with Crippen molar-refractivity contribution in [1.82, 2.24) is 19.8 Å². The zero-order chi connectivity index (χ0) is 20.4. The monoisotopic (exact) mass is 394 g/mol. The number of nitrogens with zero attached hydrogens (tertiary/aromatic N) is 4. The van der Waals surface area contributed by atoms with Crippen LogP contribution in [-0.2, 0) is 17.8 Å². The highest BCUT2D eigenvalue weighted by Gasteiger charge is 2.30. The molecule has 3 heterocycles.